The van der Waals surface area contributed by atoms with Crippen molar-refractivity contribution < 1.29 is 0 Å². The molecule has 0 atom stereocenters. The minimum Gasteiger partial charge on any atom is -0.379 e. The third-order valence-electron chi connectivity index (χ3n) is 2.09. The third kappa shape index (κ3) is 2.16. The molecule has 0 aromatic carbocycles. The Bertz CT molecular complexity index is 357. The van der Waals surface area contributed by atoms with Crippen LogP contribution >= 0.6 is 23.2 Å². The maximum Gasteiger partial charge on any atom is 0.174 e. The van der Waals surface area contributed by atoms with Gasteiger partial charge in [-0.05, 0) is 12.8 Å². The van der Waals surface area contributed by atoms with E-state index in [1.54, 1.807) is 6.07 Å². The first-order valence-corrected chi connectivity index (χ1v) is 5.11. The van der Waals surface area contributed by atoms with Crippen molar-refractivity contribution in [3.05, 3.63) is 28.5 Å². The van der Waals surface area contributed by atoms with Gasteiger partial charge in [0.05, 0.1) is 5.69 Å². The lowest BCUT2D eigenvalue weighted by molar-refractivity contribution is 0.784. The topological polar surface area (TPSA) is 37.8 Å². The summed E-state index contributed by atoms with van der Waals surface area (Å²) in [6.07, 6.45) is 6.30. The van der Waals surface area contributed by atoms with Crippen molar-refractivity contribution in [2.45, 2.75) is 18.9 Å². The highest BCUT2D eigenvalue weighted by Crippen LogP contribution is 2.24. The normalized spacial score (nSPS) is 16.1. The van der Waals surface area contributed by atoms with E-state index in [2.05, 4.69) is 27.7 Å². The number of nitrogens with zero attached hydrogens (tertiary/aromatic N) is 2. The van der Waals surface area contributed by atoms with Crippen molar-refractivity contribution in [3.63, 3.8) is 0 Å². The molecule has 0 bridgehead atoms. The number of nitrogens with one attached hydrogen (secondary N) is 1. The van der Waals surface area contributed by atoms with Crippen LogP contribution in [0, 0.1) is 0 Å². The molecule has 0 saturated heterocycles. The zero-order chi connectivity index (χ0) is 9.97. The second kappa shape index (κ2) is 4.15. The highest BCUT2D eigenvalue weighted by atomic mass is 35.5. The minimum absolute atomic E-state index is 0.350. The summed E-state index contributed by atoms with van der Waals surface area (Å²) in [6, 6.07) is 2.09. The van der Waals surface area contributed by atoms with Gasteiger partial charge in [-0.2, -0.15) is 0 Å². The van der Waals surface area contributed by atoms with Crippen LogP contribution in [-0.2, 0) is 0 Å². The maximum atomic E-state index is 5.86. The second-order valence-electron chi connectivity index (χ2n) is 3.16. The van der Waals surface area contributed by atoms with Crippen molar-refractivity contribution in [1.29, 1.82) is 0 Å². The van der Waals surface area contributed by atoms with Crippen molar-refractivity contribution in [3.8, 4) is 0 Å². The predicted octanol–water partition coefficient (Wildman–Crippen LogP) is 2.91. The fraction of sp³-hybridized carbons (Fsp3) is 0.333. The van der Waals surface area contributed by atoms with Crippen LogP contribution in [0.5, 0.6) is 0 Å². The third-order valence-corrected chi connectivity index (χ3v) is 2.55. The second-order valence-corrected chi connectivity index (χ2v) is 3.90. The van der Waals surface area contributed by atoms with E-state index in [0.29, 0.717) is 16.3 Å². The van der Waals surface area contributed by atoms with E-state index >= 15 is 0 Å². The summed E-state index contributed by atoms with van der Waals surface area (Å²) >= 11 is 11.6. The summed E-state index contributed by atoms with van der Waals surface area (Å²) in [5.74, 6) is 0. The molecule has 74 valence electrons. The molecule has 3 nitrogen and oxygen atoms in total. The number of anilines is 1. The van der Waals surface area contributed by atoms with E-state index in [9.17, 15) is 0 Å². The van der Waals surface area contributed by atoms with Gasteiger partial charge in [-0.1, -0.05) is 35.4 Å². The van der Waals surface area contributed by atoms with Crippen LogP contribution < -0.4 is 5.32 Å². The van der Waals surface area contributed by atoms with E-state index < -0.39 is 0 Å². The van der Waals surface area contributed by atoms with E-state index in [-0.39, 0.29) is 0 Å². The Morgan fingerprint density at radius 1 is 1.21 bits per heavy atom. The standard InChI is InChI=1S/C9H9Cl2N3/c10-8-5-7(9(11)14-13-8)12-6-3-1-2-4-6/h1-2,5-6H,3-4H2,(H,12,13). The average Bonchev–Trinajstić information content (AvgIpc) is 2.64. The SMILES string of the molecule is Clc1cc(NC2CC=CC2)c(Cl)nn1. The van der Waals surface area contributed by atoms with Crippen LogP contribution in [0.25, 0.3) is 0 Å². The van der Waals surface area contributed by atoms with Gasteiger partial charge in [0.15, 0.2) is 10.3 Å². The van der Waals surface area contributed by atoms with E-state index in [1.165, 1.54) is 0 Å². The first-order valence-electron chi connectivity index (χ1n) is 4.36. The fourth-order valence-corrected chi connectivity index (χ4v) is 1.70. The zero-order valence-corrected chi connectivity index (χ0v) is 8.89. The van der Waals surface area contributed by atoms with Gasteiger partial charge in [-0.15, -0.1) is 10.2 Å². The van der Waals surface area contributed by atoms with Gasteiger partial charge < -0.3 is 5.32 Å². The van der Waals surface area contributed by atoms with Gasteiger partial charge in [0.25, 0.3) is 0 Å². The molecule has 5 heteroatoms. The Hall–Kier alpha value is -0.800. The lowest BCUT2D eigenvalue weighted by Crippen LogP contribution is -2.15. The first kappa shape index (κ1) is 9.74. The summed E-state index contributed by atoms with van der Waals surface area (Å²) in [5.41, 5.74) is 0.750. The van der Waals surface area contributed by atoms with E-state index in [0.717, 1.165) is 18.5 Å². The molecule has 1 heterocycles. The van der Waals surface area contributed by atoms with Gasteiger partial charge in [0, 0.05) is 12.1 Å². The van der Waals surface area contributed by atoms with Crippen molar-refractivity contribution >= 4 is 28.9 Å². The van der Waals surface area contributed by atoms with Gasteiger partial charge in [-0.3, -0.25) is 0 Å². The summed E-state index contributed by atoms with van der Waals surface area (Å²) < 4.78 is 0. The van der Waals surface area contributed by atoms with Crippen LogP contribution in [0.15, 0.2) is 18.2 Å². The molecule has 0 aliphatic heterocycles. The summed E-state index contributed by atoms with van der Waals surface area (Å²) in [7, 11) is 0. The quantitative estimate of drug-likeness (QED) is 0.793. The van der Waals surface area contributed by atoms with E-state index in [4.69, 9.17) is 23.2 Å². The molecule has 1 aromatic heterocycles. The molecule has 0 saturated carbocycles. The van der Waals surface area contributed by atoms with Crippen molar-refractivity contribution in [2.24, 2.45) is 0 Å². The summed E-state index contributed by atoms with van der Waals surface area (Å²) in [6.45, 7) is 0. The van der Waals surface area contributed by atoms with Gasteiger partial charge in [-0.25, -0.2) is 0 Å². The molecular formula is C9H9Cl2N3. The number of hydrogen-bond donors (Lipinski definition) is 1. The number of aromatic nitrogens is 2. The number of halogens is 2. The Labute approximate surface area is 92.1 Å². The number of rotatable bonds is 2. The molecule has 0 amide bonds. The van der Waals surface area contributed by atoms with Crippen LogP contribution in [-0.4, -0.2) is 16.2 Å². The Morgan fingerprint density at radius 2 is 1.93 bits per heavy atom. The molecule has 1 N–H and O–H groups in total. The lowest BCUT2D eigenvalue weighted by atomic mass is 10.2. The minimum atomic E-state index is 0.350. The van der Waals surface area contributed by atoms with E-state index in [1.807, 2.05) is 0 Å². The maximum absolute atomic E-state index is 5.86. The van der Waals surface area contributed by atoms with Crippen LogP contribution in [0.4, 0.5) is 5.69 Å². The van der Waals surface area contributed by atoms with Gasteiger partial charge in [0.2, 0.25) is 0 Å². The smallest absolute Gasteiger partial charge is 0.174 e. The van der Waals surface area contributed by atoms with Gasteiger partial charge in [0.1, 0.15) is 0 Å². The summed E-state index contributed by atoms with van der Waals surface area (Å²) in [4.78, 5) is 0. The predicted molar refractivity (Wildman–Crippen MR) is 57.8 cm³/mol. The highest BCUT2D eigenvalue weighted by molar-refractivity contribution is 6.33. The molecule has 0 unspecified atom stereocenters. The Kier molecular flexibility index (Phi) is 2.89. The highest BCUT2D eigenvalue weighted by Gasteiger charge is 2.12. The molecule has 0 radical (unpaired) electrons. The number of hydrogen-bond acceptors (Lipinski definition) is 3. The molecule has 2 rings (SSSR count). The molecule has 1 aliphatic carbocycles. The Balaban J connectivity index is 2.11. The van der Waals surface area contributed by atoms with Gasteiger partial charge >= 0.3 is 0 Å². The molecular weight excluding hydrogens is 221 g/mol. The van der Waals surface area contributed by atoms with Crippen LogP contribution in [0.2, 0.25) is 10.3 Å². The fourth-order valence-electron chi connectivity index (χ4n) is 1.41. The molecule has 0 fully saturated rings. The molecule has 14 heavy (non-hydrogen) atoms. The Morgan fingerprint density at radius 3 is 2.64 bits per heavy atom. The largest absolute Gasteiger partial charge is 0.379 e. The monoisotopic (exact) mass is 229 g/mol. The average molecular weight is 230 g/mol. The first-order chi connectivity index (χ1) is 6.75. The molecule has 1 aromatic rings. The zero-order valence-electron chi connectivity index (χ0n) is 7.37. The van der Waals surface area contributed by atoms with Crippen molar-refractivity contribution in [2.75, 3.05) is 5.32 Å². The summed E-state index contributed by atoms with van der Waals surface area (Å²) in [5, 5.41) is 11.3. The molecule has 0 spiro atoms. The van der Waals surface area contributed by atoms with Crippen LogP contribution in [0.3, 0.4) is 0 Å². The lowest BCUT2D eigenvalue weighted by Gasteiger charge is -2.13. The van der Waals surface area contributed by atoms with Crippen molar-refractivity contribution in [1.82, 2.24) is 10.2 Å². The van der Waals surface area contributed by atoms with Crippen LogP contribution in [0.1, 0.15) is 12.8 Å². The molecule has 1 aliphatic rings.